The Labute approximate surface area is 126 Å². The molecule has 6 nitrogen and oxygen atoms in total. The number of likely N-dealkylation sites (tertiary alicyclic amines) is 1. The molecule has 1 unspecified atom stereocenters. The first-order valence-electron chi connectivity index (χ1n) is 6.60. The first-order valence-corrected chi connectivity index (χ1v) is 6.98. The molecule has 0 aliphatic carbocycles. The molecule has 1 atom stereocenters. The highest BCUT2D eigenvalue weighted by Gasteiger charge is 2.51. The molecule has 3 rings (SSSR count). The van der Waals surface area contributed by atoms with Gasteiger partial charge in [-0.1, -0.05) is 11.6 Å². The number of amides is 4. The second-order valence-electron chi connectivity index (χ2n) is 5.43. The number of nitrogens with zero attached hydrogens (tertiary/aromatic N) is 1. The molecule has 2 heterocycles. The number of carbonyl (C=O) groups excluding carboxylic acids is 3. The van der Waals surface area contributed by atoms with Crippen LogP contribution in [-0.2, 0) is 4.79 Å². The molecule has 1 aromatic rings. The zero-order valence-corrected chi connectivity index (χ0v) is 12.2. The molecular formula is C14H14ClN3O3. The molecule has 2 aliphatic rings. The van der Waals surface area contributed by atoms with Crippen molar-refractivity contribution < 1.29 is 14.4 Å². The Morgan fingerprint density at radius 2 is 2.14 bits per heavy atom. The molecule has 1 spiro atoms. The normalized spacial score (nSPS) is 24.4. The monoisotopic (exact) mass is 307 g/mol. The van der Waals surface area contributed by atoms with Crippen LogP contribution in [0.25, 0.3) is 0 Å². The molecule has 0 bridgehead atoms. The van der Waals surface area contributed by atoms with E-state index >= 15 is 0 Å². The highest BCUT2D eigenvalue weighted by Crippen LogP contribution is 2.26. The van der Waals surface area contributed by atoms with Crippen LogP contribution in [0.2, 0.25) is 5.02 Å². The Morgan fingerprint density at radius 3 is 2.76 bits per heavy atom. The Bertz CT molecular complexity index is 661. The zero-order valence-electron chi connectivity index (χ0n) is 11.4. The van der Waals surface area contributed by atoms with Gasteiger partial charge in [0.15, 0.2) is 0 Å². The van der Waals surface area contributed by atoms with Crippen molar-refractivity contribution in [3.8, 4) is 0 Å². The minimum atomic E-state index is -0.978. The summed E-state index contributed by atoms with van der Waals surface area (Å²) in [5.41, 5.74) is 0.371. The second-order valence-corrected chi connectivity index (χ2v) is 5.84. The number of urea groups is 1. The fraction of sp³-hybridized carbons (Fsp3) is 0.357. The highest BCUT2D eigenvalue weighted by molar-refractivity contribution is 6.31. The number of carbonyl (C=O) groups is 3. The lowest BCUT2D eigenvalue weighted by atomic mass is 9.99. The van der Waals surface area contributed by atoms with Crippen molar-refractivity contribution in [2.75, 3.05) is 13.1 Å². The van der Waals surface area contributed by atoms with Crippen LogP contribution in [0, 0.1) is 6.92 Å². The molecule has 2 N–H and O–H groups in total. The van der Waals surface area contributed by atoms with Crippen molar-refractivity contribution in [2.24, 2.45) is 0 Å². The Morgan fingerprint density at radius 1 is 1.38 bits per heavy atom. The van der Waals surface area contributed by atoms with E-state index in [-0.39, 0.29) is 18.4 Å². The summed E-state index contributed by atoms with van der Waals surface area (Å²) in [6.07, 6.45) is 0.420. The van der Waals surface area contributed by atoms with Crippen molar-refractivity contribution in [1.29, 1.82) is 0 Å². The molecule has 0 aromatic heterocycles. The van der Waals surface area contributed by atoms with Crippen molar-refractivity contribution in [2.45, 2.75) is 18.9 Å². The van der Waals surface area contributed by atoms with E-state index in [9.17, 15) is 14.4 Å². The van der Waals surface area contributed by atoms with Gasteiger partial charge in [-0.3, -0.25) is 14.9 Å². The molecule has 1 aromatic carbocycles. The van der Waals surface area contributed by atoms with Crippen LogP contribution in [0.5, 0.6) is 0 Å². The molecule has 0 saturated carbocycles. The first kappa shape index (κ1) is 13.9. The molecule has 2 saturated heterocycles. The first-order chi connectivity index (χ1) is 9.91. The largest absolute Gasteiger partial charge is 0.336 e. The van der Waals surface area contributed by atoms with Gasteiger partial charge in [-0.2, -0.15) is 0 Å². The predicted molar refractivity (Wildman–Crippen MR) is 76.1 cm³/mol. The fourth-order valence-electron chi connectivity index (χ4n) is 2.76. The molecule has 110 valence electrons. The van der Waals surface area contributed by atoms with Crippen LogP contribution in [-0.4, -0.2) is 41.4 Å². The van der Waals surface area contributed by atoms with Gasteiger partial charge in [0.1, 0.15) is 5.54 Å². The number of rotatable bonds is 1. The maximum Gasteiger partial charge on any atom is 0.322 e. The van der Waals surface area contributed by atoms with E-state index in [4.69, 9.17) is 11.6 Å². The summed E-state index contributed by atoms with van der Waals surface area (Å²) in [5, 5.41) is 5.45. The summed E-state index contributed by atoms with van der Waals surface area (Å²) in [5.74, 6) is -0.532. The Kier molecular flexibility index (Phi) is 3.13. The van der Waals surface area contributed by atoms with Crippen molar-refractivity contribution >= 4 is 29.4 Å². The van der Waals surface area contributed by atoms with Crippen LogP contribution in [0.1, 0.15) is 22.3 Å². The number of benzene rings is 1. The summed E-state index contributed by atoms with van der Waals surface area (Å²) >= 11 is 5.95. The number of aryl methyl sites for hydroxylation is 1. The van der Waals surface area contributed by atoms with Crippen LogP contribution >= 0.6 is 11.6 Å². The van der Waals surface area contributed by atoms with Gasteiger partial charge in [-0.25, -0.2) is 4.79 Å². The van der Waals surface area contributed by atoms with Gasteiger partial charge < -0.3 is 10.2 Å². The lowest BCUT2D eigenvalue weighted by Gasteiger charge is -2.21. The third-order valence-corrected chi connectivity index (χ3v) is 4.40. The van der Waals surface area contributed by atoms with E-state index in [1.54, 1.807) is 23.1 Å². The molecule has 21 heavy (non-hydrogen) atoms. The van der Waals surface area contributed by atoms with E-state index in [0.29, 0.717) is 23.6 Å². The Balaban J connectivity index is 1.80. The average molecular weight is 308 g/mol. The third kappa shape index (κ3) is 2.25. The number of hydrogen-bond acceptors (Lipinski definition) is 3. The van der Waals surface area contributed by atoms with Gasteiger partial charge in [0.25, 0.3) is 11.8 Å². The summed E-state index contributed by atoms with van der Waals surface area (Å²) < 4.78 is 0. The standard InChI is InChI=1S/C14H14ClN3O3/c1-8-6-9(2-3-10(8)15)11(19)18-5-4-14(7-18)12(20)16-13(21)17-14/h2-3,6H,4-5,7H2,1H3,(H2,16,17,20,21). The van der Waals surface area contributed by atoms with Crippen LogP contribution < -0.4 is 10.6 Å². The van der Waals surface area contributed by atoms with E-state index in [0.717, 1.165) is 5.56 Å². The summed E-state index contributed by atoms with van der Waals surface area (Å²) in [6, 6.07) is 4.57. The van der Waals surface area contributed by atoms with Gasteiger partial charge in [0, 0.05) is 17.1 Å². The predicted octanol–water partition coefficient (Wildman–Crippen LogP) is 1.07. The van der Waals surface area contributed by atoms with Crippen molar-refractivity contribution in [3.05, 3.63) is 34.3 Å². The Hall–Kier alpha value is -2.08. The summed E-state index contributed by atoms with van der Waals surface area (Å²) in [4.78, 5) is 37.2. The molecule has 7 heteroatoms. The quantitative estimate of drug-likeness (QED) is 0.762. The topological polar surface area (TPSA) is 78.5 Å². The number of nitrogens with one attached hydrogen (secondary N) is 2. The maximum absolute atomic E-state index is 12.5. The van der Waals surface area contributed by atoms with Gasteiger partial charge in [-0.15, -0.1) is 0 Å². The van der Waals surface area contributed by atoms with Crippen LogP contribution in [0.3, 0.4) is 0 Å². The summed E-state index contributed by atoms with van der Waals surface area (Å²) in [7, 11) is 0. The summed E-state index contributed by atoms with van der Waals surface area (Å²) in [6.45, 7) is 2.44. The number of imide groups is 1. The lowest BCUT2D eigenvalue weighted by molar-refractivity contribution is -0.123. The van der Waals surface area contributed by atoms with E-state index < -0.39 is 11.6 Å². The minimum absolute atomic E-state index is 0.166. The van der Waals surface area contributed by atoms with Crippen LogP contribution in [0.15, 0.2) is 18.2 Å². The van der Waals surface area contributed by atoms with Gasteiger partial charge >= 0.3 is 6.03 Å². The average Bonchev–Trinajstić information content (AvgIpc) is 2.97. The maximum atomic E-state index is 12.5. The third-order valence-electron chi connectivity index (χ3n) is 3.98. The van der Waals surface area contributed by atoms with Gasteiger partial charge in [0.2, 0.25) is 0 Å². The lowest BCUT2D eigenvalue weighted by Crippen LogP contribution is -2.49. The molecular weight excluding hydrogens is 294 g/mol. The van der Waals surface area contributed by atoms with Gasteiger partial charge in [-0.05, 0) is 37.1 Å². The minimum Gasteiger partial charge on any atom is -0.336 e. The van der Waals surface area contributed by atoms with E-state index in [2.05, 4.69) is 10.6 Å². The highest BCUT2D eigenvalue weighted by atomic mass is 35.5. The van der Waals surface area contributed by atoms with E-state index in [1.165, 1.54) is 0 Å². The SMILES string of the molecule is Cc1cc(C(=O)N2CCC3(C2)NC(=O)NC3=O)ccc1Cl. The van der Waals surface area contributed by atoms with Crippen LogP contribution in [0.4, 0.5) is 4.79 Å². The molecule has 2 fully saturated rings. The van der Waals surface area contributed by atoms with Gasteiger partial charge in [0.05, 0.1) is 6.54 Å². The molecule has 4 amide bonds. The zero-order chi connectivity index (χ0) is 15.2. The number of hydrogen-bond donors (Lipinski definition) is 2. The second kappa shape index (κ2) is 4.73. The van der Waals surface area contributed by atoms with E-state index in [1.807, 2.05) is 6.92 Å². The van der Waals surface area contributed by atoms with Crippen molar-refractivity contribution in [3.63, 3.8) is 0 Å². The van der Waals surface area contributed by atoms with Crippen molar-refractivity contribution in [1.82, 2.24) is 15.5 Å². The molecule has 0 radical (unpaired) electrons. The number of halogens is 1. The molecule has 2 aliphatic heterocycles. The smallest absolute Gasteiger partial charge is 0.322 e. The fourth-order valence-corrected chi connectivity index (χ4v) is 2.88.